The van der Waals surface area contributed by atoms with E-state index in [1.54, 1.807) is 6.07 Å². The van der Waals surface area contributed by atoms with E-state index >= 15 is 0 Å². The zero-order valence-electron chi connectivity index (χ0n) is 11.8. The molecule has 0 spiro atoms. The summed E-state index contributed by atoms with van der Waals surface area (Å²) in [6.45, 7) is 5.93. The molecule has 1 unspecified atom stereocenters. The predicted molar refractivity (Wildman–Crippen MR) is 77.9 cm³/mol. The van der Waals surface area contributed by atoms with Gasteiger partial charge >= 0.3 is 0 Å². The van der Waals surface area contributed by atoms with E-state index in [-0.39, 0.29) is 18.5 Å². The predicted octanol–water partition coefficient (Wildman–Crippen LogP) is 0.826. The summed E-state index contributed by atoms with van der Waals surface area (Å²) < 4.78 is 13.1. The van der Waals surface area contributed by atoms with Crippen molar-refractivity contribution >= 4 is 0 Å². The van der Waals surface area contributed by atoms with Gasteiger partial charge in [-0.2, -0.15) is 0 Å². The smallest absolute Gasteiger partial charge is 0.123 e. The van der Waals surface area contributed by atoms with Gasteiger partial charge in [0.05, 0.1) is 6.61 Å². The summed E-state index contributed by atoms with van der Waals surface area (Å²) in [6.07, 6.45) is 0.837. The molecule has 1 fully saturated rings. The molecule has 3 N–H and O–H groups in total. The van der Waals surface area contributed by atoms with Crippen LogP contribution in [0.4, 0.5) is 4.39 Å². The number of aliphatic hydroxyl groups is 1. The lowest BCUT2D eigenvalue weighted by atomic mass is 10.0. The first-order valence-corrected chi connectivity index (χ1v) is 7.25. The third-order valence-corrected chi connectivity index (χ3v) is 3.91. The Balaban J connectivity index is 1.73. The van der Waals surface area contributed by atoms with Gasteiger partial charge in [0.1, 0.15) is 5.82 Å². The Hall–Kier alpha value is -1.01. The van der Waals surface area contributed by atoms with Crippen LogP contribution in [0.1, 0.15) is 18.0 Å². The van der Waals surface area contributed by atoms with Crippen LogP contribution in [-0.2, 0) is 0 Å². The maximum Gasteiger partial charge on any atom is 0.123 e. The van der Waals surface area contributed by atoms with Gasteiger partial charge in [-0.15, -0.1) is 0 Å². The first-order chi connectivity index (χ1) is 9.69. The fourth-order valence-corrected chi connectivity index (χ4v) is 2.60. The number of nitrogens with two attached hydrogens (primary N) is 1. The second-order valence-electron chi connectivity index (χ2n) is 5.36. The number of piperazine rings is 1. The van der Waals surface area contributed by atoms with Crippen LogP contribution in [0.5, 0.6) is 0 Å². The maximum absolute atomic E-state index is 13.1. The molecule has 1 aromatic carbocycles. The SMILES string of the molecule is NC(CCN1CCN(CCO)CC1)c1cccc(F)c1. The average Bonchev–Trinajstić information content (AvgIpc) is 2.46. The standard InChI is InChI=1S/C15H24FN3O/c16-14-3-1-2-13(12-14)15(17)4-5-18-6-8-19(9-7-18)10-11-20/h1-3,12,15,20H,4-11,17H2. The van der Waals surface area contributed by atoms with Crippen LogP contribution >= 0.6 is 0 Å². The van der Waals surface area contributed by atoms with E-state index in [0.717, 1.165) is 51.3 Å². The van der Waals surface area contributed by atoms with Crippen LogP contribution in [0.3, 0.4) is 0 Å². The number of benzene rings is 1. The van der Waals surface area contributed by atoms with Crippen LogP contribution in [0.15, 0.2) is 24.3 Å². The van der Waals surface area contributed by atoms with E-state index in [2.05, 4.69) is 9.80 Å². The van der Waals surface area contributed by atoms with Crippen LogP contribution in [-0.4, -0.2) is 60.8 Å². The Morgan fingerprint density at radius 1 is 1.15 bits per heavy atom. The Morgan fingerprint density at radius 3 is 2.40 bits per heavy atom. The van der Waals surface area contributed by atoms with Crippen molar-refractivity contribution in [3.05, 3.63) is 35.6 Å². The molecular weight excluding hydrogens is 257 g/mol. The van der Waals surface area contributed by atoms with Crippen molar-refractivity contribution in [3.63, 3.8) is 0 Å². The minimum absolute atomic E-state index is 0.110. The molecule has 4 nitrogen and oxygen atoms in total. The maximum atomic E-state index is 13.1. The normalized spacial score (nSPS) is 19.1. The number of rotatable bonds is 6. The summed E-state index contributed by atoms with van der Waals surface area (Å²) >= 11 is 0. The zero-order chi connectivity index (χ0) is 14.4. The summed E-state index contributed by atoms with van der Waals surface area (Å²) in [4.78, 5) is 4.65. The molecule has 1 saturated heterocycles. The molecule has 1 heterocycles. The third kappa shape index (κ3) is 4.52. The molecule has 112 valence electrons. The fraction of sp³-hybridized carbons (Fsp3) is 0.600. The molecule has 0 amide bonds. The molecule has 2 rings (SSSR count). The monoisotopic (exact) mass is 281 g/mol. The molecule has 20 heavy (non-hydrogen) atoms. The molecule has 0 radical (unpaired) electrons. The molecule has 1 aromatic rings. The van der Waals surface area contributed by atoms with Gasteiger partial charge in [-0.25, -0.2) is 4.39 Å². The molecule has 5 heteroatoms. The lowest BCUT2D eigenvalue weighted by Gasteiger charge is -2.34. The largest absolute Gasteiger partial charge is 0.395 e. The summed E-state index contributed by atoms with van der Waals surface area (Å²) in [5, 5.41) is 8.91. The van der Waals surface area contributed by atoms with Gasteiger partial charge in [-0.05, 0) is 24.1 Å². The number of hydrogen-bond acceptors (Lipinski definition) is 4. The first kappa shape index (κ1) is 15.4. The highest BCUT2D eigenvalue weighted by molar-refractivity contribution is 5.19. The summed E-state index contributed by atoms with van der Waals surface area (Å²) in [7, 11) is 0. The van der Waals surface area contributed by atoms with Crippen LogP contribution < -0.4 is 5.73 Å². The Labute approximate surface area is 120 Å². The number of aliphatic hydroxyl groups excluding tert-OH is 1. The molecule has 1 aliphatic heterocycles. The summed E-state index contributed by atoms with van der Waals surface area (Å²) in [5.41, 5.74) is 6.98. The van der Waals surface area contributed by atoms with E-state index in [1.807, 2.05) is 6.07 Å². The fourth-order valence-electron chi connectivity index (χ4n) is 2.60. The lowest BCUT2D eigenvalue weighted by Crippen LogP contribution is -2.47. The number of β-amino-alcohol motifs (C(OH)–C–C–N with tert-alkyl or cyclic N) is 1. The zero-order valence-corrected chi connectivity index (χ0v) is 11.8. The van der Waals surface area contributed by atoms with E-state index in [1.165, 1.54) is 12.1 Å². The first-order valence-electron chi connectivity index (χ1n) is 7.25. The Bertz CT molecular complexity index is 408. The second-order valence-corrected chi connectivity index (χ2v) is 5.36. The highest BCUT2D eigenvalue weighted by Gasteiger charge is 2.17. The minimum Gasteiger partial charge on any atom is -0.395 e. The quantitative estimate of drug-likeness (QED) is 0.811. The van der Waals surface area contributed by atoms with Crippen LogP contribution in [0.2, 0.25) is 0 Å². The van der Waals surface area contributed by atoms with Gasteiger partial charge in [-0.3, -0.25) is 4.90 Å². The highest BCUT2D eigenvalue weighted by Crippen LogP contribution is 2.16. The lowest BCUT2D eigenvalue weighted by molar-refractivity contribution is 0.110. The topological polar surface area (TPSA) is 52.7 Å². The third-order valence-electron chi connectivity index (χ3n) is 3.91. The molecular formula is C15H24FN3O. The van der Waals surface area contributed by atoms with E-state index in [0.29, 0.717) is 0 Å². The van der Waals surface area contributed by atoms with Crippen LogP contribution in [0.25, 0.3) is 0 Å². The van der Waals surface area contributed by atoms with E-state index in [4.69, 9.17) is 10.8 Å². The Kier molecular flexibility index (Phi) is 5.91. The van der Waals surface area contributed by atoms with Gasteiger partial charge in [0.15, 0.2) is 0 Å². The van der Waals surface area contributed by atoms with Crippen molar-refractivity contribution in [1.29, 1.82) is 0 Å². The van der Waals surface area contributed by atoms with Crippen LogP contribution in [0, 0.1) is 5.82 Å². The average molecular weight is 281 g/mol. The highest BCUT2D eigenvalue weighted by atomic mass is 19.1. The van der Waals surface area contributed by atoms with Gasteiger partial charge in [-0.1, -0.05) is 12.1 Å². The van der Waals surface area contributed by atoms with Crippen molar-refractivity contribution in [3.8, 4) is 0 Å². The molecule has 1 aliphatic rings. The van der Waals surface area contributed by atoms with Crippen molar-refractivity contribution < 1.29 is 9.50 Å². The molecule has 0 aromatic heterocycles. The van der Waals surface area contributed by atoms with Crippen molar-refractivity contribution in [2.45, 2.75) is 12.5 Å². The van der Waals surface area contributed by atoms with Crippen molar-refractivity contribution in [2.75, 3.05) is 45.9 Å². The van der Waals surface area contributed by atoms with E-state index < -0.39 is 0 Å². The number of nitrogens with zero attached hydrogens (tertiary/aromatic N) is 2. The van der Waals surface area contributed by atoms with Gasteiger partial charge in [0.2, 0.25) is 0 Å². The molecule has 0 aliphatic carbocycles. The summed E-state index contributed by atoms with van der Waals surface area (Å²) in [5.74, 6) is -0.226. The molecule has 0 bridgehead atoms. The summed E-state index contributed by atoms with van der Waals surface area (Å²) in [6, 6.07) is 6.44. The van der Waals surface area contributed by atoms with Gasteiger partial charge in [0.25, 0.3) is 0 Å². The number of halogens is 1. The number of hydrogen-bond donors (Lipinski definition) is 2. The molecule has 0 saturated carbocycles. The van der Waals surface area contributed by atoms with Crippen molar-refractivity contribution in [1.82, 2.24) is 9.80 Å². The second kappa shape index (κ2) is 7.69. The van der Waals surface area contributed by atoms with E-state index in [9.17, 15) is 4.39 Å². The molecule has 1 atom stereocenters. The van der Waals surface area contributed by atoms with Gasteiger partial charge < -0.3 is 15.7 Å². The van der Waals surface area contributed by atoms with Gasteiger partial charge in [0, 0.05) is 45.3 Å². The van der Waals surface area contributed by atoms with Crippen molar-refractivity contribution in [2.24, 2.45) is 5.73 Å². The minimum atomic E-state index is -0.226. The Morgan fingerprint density at radius 2 is 1.80 bits per heavy atom.